The van der Waals surface area contributed by atoms with Crippen molar-refractivity contribution in [2.24, 2.45) is 10.9 Å². The molecule has 7 rings (SSSR count). The Bertz CT molecular complexity index is 1870. The van der Waals surface area contributed by atoms with Gasteiger partial charge in [0.05, 0.1) is 24.1 Å². The monoisotopic (exact) mass is 626 g/mol. The van der Waals surface area contributed by atoms with Crippen LogP contribution in [0.5, 0.6) is 0 Å². The van der Waals surface area contributed by atoms with Crippen LogP contribution in [0.3, 0.4) is 0 Å². The van der Waals surface area contributed by atoms with Crippen molar-refractivity contribution in [1.82, 2.24) is 24.1 Å². The molecular weight excluding hydrogens is 596 g/mol. The molecule has 1 fully saturated rings. The molecule has 0 radical (unpaired) electrons. The summed E-state index contributed by atoms with van der Waals surface area (Å²) in [5, 5.41) is 6.40. The average molecular weight is 628 g/mol. The number of fused-ring (bicyclic) bond motifs is 3. The number of aromatic nitrogens is 3. The van der Waals surface area contributed by atoms with Gasteiger partial charge in [0, 0.05) is 39.8 Å². The van der Waals surface area contributed by atoms with Crippen LogP contribution in [-0.2, 0) is 24.2 Å². The van der Waals surface area contributed by atoms with E-state index in [1.165, 1.54) is 12.8 Å². The second-order valence-electron chi connectivity index (χ2n) is 11.5. The number of nitrogens with zero attached hydrogens (tertiary/aromatic N) is 6. The minimum atomic E-state index is -0.152. The average Bonchev–Trinajstić information content (AvgIpc) is 3.60. The highest BCUT2D eigenvalue weighted by atomic mass is 79.9. The minimum absolute atomic E-state index is 0.0477. The fourth-order valence-corrected chi connectivity index (χ4v) is 6.28. The maximum atomic E-state index is 14.3. The molecule has 4 aromatic rings. The molecule has 0 spiro atoms. The number of amides is 1. The molecular formula is C32H31BrN6O3. The fourth-order valence-electron chi connectivity index (χ4n) is 6.03. The number of benzene rings is 2. The maximum Gasteiger partial charge on any atom is 0.261 e. The molecule has 1 atom stereocenters. The van der Waals surface area contributed by atoms with Gasteiger partial charge in [-0.25, -0.2) is 4.52 Å². The van der Waals surface area contributed by atoms with Gasteiger partial charge in [0.2, 0.25) is 5.88 Å². The minimum Gasteiger partial charge on any atom is -0.358 e. The van der Waals surface area contributed by atoms with E-state index in [9.17, 15) is 9.59 Å². The molecule has 2 aliphatic heterocycles. The summed E-state index contributed by atoms with van der Waals surface area (Å²) in [5.41, 5.74) is 6.49. The summed E-state index contributed by atoms with van der Waals surface area (Å²) in [7, 11) is 1.78. The Morgan fingerprint density at radius 1 is 1.17 bits per heavy atom. The van der Waals surface area contributed by atoms with Crippen LogP contribution in [0, 0.1) is 12.8 Å². The third-order valence-electron chi connectivity index (χ3n) is 8.47. The number of carbonyl (C=O) groups excluding carboxylic acids is 1. The lowest BCUT2D eigenvalue weighted by molar-refractivity contribution is -0.00998. The van der Waals surface area contributed by atoms with E-state index >= 15 is 0 Å². The van der Waals surface area contributed by atoms with Gasteiger partial charge in [0.1, 0.15) is 5.65 Å². The molecule has 0 N–H and O–H groups in total. The van der Waals surface area contributed by atoms with Gasteiger partial charge in [0.25, 0.3) is 11.5 Å². The molecule has 0 saturated heterocycles. The van der Waals surface area contributed by atoms with Crippen molar-refractivity contribution in [1.29, 1.82) is 0 Å². The van der Waals surface area contributed by atoms with Crippen LogP contribution in [0.4, 0.5) is 0 Å². The van der Waals surface area contributed by atoms with Crippen LogP contribution in [0.15, 0.2) is 75.4 Å². The Morgan fingerprint density at radius 3 is 2.60 bits per heavy atom. The van der Waals surface area contributed by atoms with Gasteiger partial charge in [-0.2, -0.15) is 15.2 Å². The summed E-state index contributed by atoms with van der Waals surface area (Å²) in [6.07, 6.45) is 5.60. The maximum absolute atomic E-state index is 14.3. The van der Waals surface area contributed by atoms with E-state index < -0.39 is 0 Å². The molecule has 2 aromatic heterocycles. The van der Waals surface area contributed by atoms with Crippen molar-refractivity contribution in [2.75, 3.05) is 7.05 Å². The van der Waals surface area contributed by atoms with Crippen LogP contribution >= 0.6 is 15.9 Å². The number of aryl methyl sites for hydroxylation is 1. The van der Waals surface area contributed by atoms with E-state index in [-0.39, 0.29) is 17.5 Å². The summed E-state index contributed by atoms with van der Waals surface area (Å²) in [5.74, 6) is 1.56. The van der Waals surface area contributed by atoms with E-state index in [1.54, 1.807) is 16.7 Å². The van der Waals surface area contributed by atoms with E-state index in [4.69, 9.17) is 9.94 Å². The molecule has 2 aromatic carbocycles. The fraction of sp³-hybridized carbons (Fsp3) is 0.312. The number of hydrogen-bond acceptors (Lipinski definition) is 6. The Labute approximate surface area is 251 Å². The topological polar surface area (TPSA) is 84.4 Å². The molecule has 1 amide bonds. The summed E-state index contributed by atoms with van der Waals surface area (Å²) < 4.78 is 4.66. The van der Waals surface area contributed by atoms with Crippen molar-refractivity contribution >= 4 is 33.3 Å². The second kappa shape index (κ2) is 9.97. The molecule has 1 unspecified atom stereocenters. The lowest BCUT2D eigenvalue weighted by atomic mass is 9.98. The van der Waals surface area contributed by atoms with Crippen molar-refractivity contribution in [3.8, 4) is 5.69 Å². The Kier molecular flexibility index (Phi) is 6.34. The Balaban J connectivity index is 1.33. The Morgan fingerprint density at radius 2 is 1.93 bits per heavy atom. The van der Waals surface area contributed by atoms with Gasteiger partial charge in [-0.05, 0) is 100 Å². The molecule has 9 nitrogen and oxygen atoms in total. The second-order valence-corrected chi connectivity index (χ2v) is 12.4. The van der Waals surface area contributed by atoms with Gasteiger partial charge >= 0.3 is 0 Å². The first-order valence-electron chi connectivity index (χ1n) is 14.2. The summed E-state index contributed by atoms with van der Waals surface area (Å²) in [4.78, 5) is 39.7. The van der Waals surface area contributed by atoms with Crippen molar-refractivity contribution in [3.05, 3.63) is 109 Å². The molecule has 1 saturated carbocycles. The summed E-state index contributed by atoms with van der Waals surface area (Å²) in [6.45, 7) is 8.08. The van der Waals surface area contributed by atoms with Gasteiger partial charge in [0.15, 0.2) is 5.84 Å². The standard InChI is InChI=1S/C32H31BrN6O3/c1-18-13-23(9-12-27(18)33)31(40)37-17-28-26(14-19(37)2)32(41)38(30-24(15-21-5-6-21)16-34-39(28)30)25-10-7-22(8-11-25)29-35-20(3)42-36(29)4/h7-13,16,19,21H,3,5-6,14-15,17H2,1-2,4H3. The molecule has 10 heteroatoms. The molecule has 42 heavy (non-hydrogen) atoms. The largest absolute Gasteiger partial charge is 0.358 e. The van der Waals surface area contributed by atoms with Crippen molar-refractivity contribution in [3.63, 3.8) is 0 Å². The predicted octanol–water partition coefficient (Wildman–Crippen LogP) is 5.19. The highest BCUT2D eigenvalue weighted by Crippen LogP contribution is 2.35. The number of aliphatic imine (C=N–C) groups is 1. The van der Waals surface area contributed by atoms with Gasteiger partial charge in [-0.3, -0.25) is 14.2 Å². The number of carbonyl (C=O) groups is 1. The SMILES string of the molecule is C=C1N=C(c2ccc(-n3c(=O)c4c(n5ncc(CC6CC6)c35)CN(C(=O)c3ccc(Br)c(C)c3)C(C)C4)cc2)N(C)O1. The van der Waals surface area contributed by atoms with Crippen LogP contribution in [-0.4, -0.2) is 49.0 Å². The summed E-state index contributed by atoms with van der Waals surface area (Å²) >= 11 is 3.53. The quantitative estimate of drug-likeness (QED) is 0.304. The number of halogens is 1. The van der Waals surface area contributed by atoms with Crippen molar-refractivity contribution in [2.45, 2.75) is 52.1 Å². The highest BCUT2D eigenvalue weighted by Gasteiger charge is 2.34. The van der Waals surface area contributed by atoms with Crippen LogP contribution < -0.4 is 5.56 Å². The normalized spacial score (nSPS) is 18.3. The first-order valence-corrected chi connectivity index (χ1v) is 15.0. The third kappa shape index (κ3) is 4.45. The lowest BCUT2D eigenvalue weighted by Crippen LogP contribution is -2.46. The van der Waals surface area contributed by atoms with Gasteiger partial charge in [-0.15, -0.1) is 0 Å². The number of hydroxylamine groups is 2. The number of hydrogen-bond donors (Lipinski definition) is 0. The molecule has 4 heterocycles. The summed E-state index contributed by atoms with van der Waals surface area (Å²) in [6, 6.07) is 13.3. The highest BCUT2D eigenvalue weighted by molar-refractivity contribution is 9.10. The van der Waals surface area contributed by atoms with Crippen LogP contribution in [0.25, 0.3) is 11.3 Å². The zero-order valence-electron chi connectivity index (χ0n) is 23.8. The lowest BCUT2D eigenvalue weighted by Gasteiger charge is -2.35. The first-order chi connectivity index (χ1) is 20.2. The van der Waals surface area contributed by atoms with Gasteiger partial charge in [-0.1, -0.05) is 15.9 Å². The molecule has 1 aliphatic carbocycles. The smallest absolute Gasteiger partial charge is 0.261 e. The third-order valence-corrected chi connectivity index (χ3v) is 9.36. The number of rotatable bonds is 5. The molecule has 3 aliphatic rings. The van der Waals surface area contributed by atoms with E-state index in [0.717, 1.165) is 44.6 Å². The van der Waals surface area contributed by atoms with Crippen molar-refractivity contribution < 1.29 is 9.63 Å². The predicted molar refractivity (Wildman–Crippen MR) is 164 cm³/mol. The number of amidine groups is 1. The van der Waals surface area contributed by atoms with E-state index in [2.05, 4.69) is 27.5 Å². The van der Waals surface area contributed by atoms with E-state index in [1.807, 2.05) is 71.9 Å². The van der Waals surface area contributed by atoms with Gasteiger partial charge < -0.3 is 9.74 Å². The molecule has 214 valence electrons. The zero-order valence-corrected chi connectivity index (χ0v) is 25.4. The van der Waals surface area contributed by atoms with Crippen LogP contribution in [0.2, 0.25) is 0 Å². The first kappa shape index (κ1) is 26.7. The molecule has 0 bridgehead atoms. The zero-order chi connectivity index (χ0) is 29.3. The van der Waals surface area contributed by atoms with Crippen LogP contribution in [0.1, 0.15) is 58.1 Å². The van der Waals surface area contributed by atoms with E-state index in [0.29, 0.717) is 41.7 Å². The Hall–Kier alpha value is -4.18.